The number of amides is 1. The van der Waals surface area contributed by atoms with Gasteiger partial charge in [-0.05, 0) is 38.0 Å². The molecule has 1 saturated heterocycles. The molecule has 2 N–H and O–H groups in total. The summed E-state index contributed by atoms with van der Waals surface area (Å²) in [5, 5.41) is 8.98. The normalized spacial score (nSPS) is 18.2. The first-order chi connectivity index (χ1) is 12.0. The predicted molar refractivity (Wildman–Crippen MR) is 92.2 cm³/mol. The summed E-state index contributed by atoms with van der Waals surface area (Å²) in [5.41, 5.74) is 0.0620. The molecule has 134 valence electrons. The molecule has 0 bridgehead atoms. The maximum absolute atomic E-state index is 13.2. The summed E-state index contributed by atoms with van der Waals surface area (Å²) in [6.07, 6.45) is 1.87. The average Bonchev–Trinajstić information content (AvgIpc) is 3.20. The van der Waals surface area contributed by atoms with Crippen molar-refractivity contribution in [3.63, 3.8) is 0 Å². The van der Waals surface area contributed by atoms with Gasteiger partial charge in [0.2, 0.25) is 5.91 Å². The van der Waals surface area contributed by atoms with Crippen LogP contribution in [0.1, 0.15) is 19.8 Å². The molecule has 2 heterocycles. The van der Waals surface area contributed by atoms with Crippen LogP contribution < -0.4 is 11.0 Å². The third kappa shape index (κ3) is 4.49. The largest absolute Gasteiger partial charge is 0.376 e. The van der Waals surface area contributed by atoms with Crippen LogP contribution >= 0.6 is 11.8 Å². The number of benzene rings is 1. The zero-order chi connectivity index (χ0) is 17.8. The lowest BCUT2D eigenvalue weighted by Crippen LogP contribution is -2.27. The maximum atomic E-state index is 13.2. The molecular formula is C16H19FN4O3S. The van der Waals surface area contributed by atoms with Crippen molar-refractivity contribution >= 4 is 23.4 Å². The minimum Gasteiger partial charge on any atom is -0.376 e. The van der Waals surface area contributed by atoms with Crippen molar-refractivity contribution in [2.45, 2.75) is 42.8 Å². The molecule has 3 rings (SSSR count). The summed E-state index contributed by atoms with van der Waals surface area (Å²) in [6.45, 7) is 2.82. The number of H-pyrrole nitrogens is 1. The van der Waals surface area contributed by atoms with Gasteiger partial charge in [-0.15, -0.1) is 5.10 Å². The molecule has 2 atom stereocenters. The van der Waals surface area contributed by atoms with Crippen LogP contribution in [-0.4, -0.2) is 38.6 Å². The number of nitrogens with zero attached hydrogens (tertiary/aromatic N) is 2. The highest BCUT2D eigenvalue weighted by Gasteiger charge is 2.23. The Bertz CT molecular complexity index is 801. The summed E-state index contributed by atoms with van der Waals surface area (Å²) in [6, 6.07) is 5.69. The number of carbonyl (C=O) groups is 1. The fourth-order valence-corrected chi connectivity index (χ4v) is 3.43. The fraction of sp³-hybridized carbons (Fsp3) is 0.438. The van der Waals surface area contributed by atoms with Crippen molar-refractivity contribution in [1.82, 2.24) is 14.8 Å². The van der Waals surface area contributed by atoms with E-state index in [1.54, 1.807) is 13.0 Å². The predicted octanol–water partition coefficient (Wildman–Crippen LogP) is 2.01. The standard InChI is InChI=1S/C16H19FN4O3S/c1-10(14(22)18-12-5-2-4-11(17)8-12)25-16-20-19-15(23)21(16)9-13-6-3-7-24-13/h2,4-5,8,10,13H,3,6-7,9H2,1H3,(H,18,22)(H,19,23)/t10-,13+/m1/s1. The highest BCUT2D eigenvalue weighted by atomic mass is 32.2. The van der Waals surface area contributed by atoms with E-state index in [1.807, 2.05) is 0 Å². The molecule has 25 heavy (non-hydrogen) atoms. The third-order valence-corrected chi connectivity index (χ3v) is 4.97. The lowest BCUT2D eigenvalue weighted by molar-refractivity contribution is -0.115. The van der Waals surface area contributed by atoms with Crippen LogP contribution in [0, 0.1) is 5.82 Å². The number of rotatable bonds is 6. The SMILES string of the molecule is C[C@@H](Sc1n[nH]c(=O)n1C[C@@H]1CCCO1)C(=O)Nc1cccc(F)c1. The molecule has 0 radical (unpaired) electrons. The van der Waals surface area contributed by atoms with Crippen LogP contribution in [0.4, 0.5) is 10.1 Å². The fourth-order valence-electron chi connectivity index (χ4n) is 2.57. The van der Waals surface area contributed by atoms with Gasteiger partial charge in [0.1, 0.15) is 5.82 Å². The molecule has 1 aromatic carbocycles. The van der Waals surface area contributed by atoms with E-state index in [0.29, 0.717) is 24.0 Å². The average molecular weight is 366 g/mol. The van der Waals surface area contributed by atoms with Gasteiger partial charge in [0.15, 0.2) is 5.16 Å². The van der Waals surface area contributed by atoms with Crippen molar-refractivity contribution < 1.29 is 13.9 Å². The van der Waals surface area contributed by atoms with E-state index >= 15 is 0 Å². The van der Waals surface area contributed by atoms with E-state index < -0.39 is 11.1 Å². The number of thioether (sulfide) groups is 1. The molecular weight excluding hydrogens is 347 g/mol. The van der Waals surface area contributed by atoms with E-state index in [-0.39, 0.29) is 17.7 Å². The van der Waals surface area contributed by atoms with Crippen molar-refractivity contribution in [2.75, 3.05) is 11.9 Å². The van der Waals surface area contributed by atoms with Crippen molar-refractivity contribution in [2.24, 2.45) is 0 Å². The zero-order valence-electron chi connectivity index (χ0n) is 13.7. The van der Waals surface area contributed by atoms with Gasteiger partial charge in [0.25, 0.3) is 0 Å². The molecule has 2 aromatic rings. The quantitative estimate of drug-likeness (QED) is 0.764. The molecule has 0 saturated carbocycles. The minimum atomic E-state index is -0.512. The van der Waals surface area contributed by atoms with Crippen molar-refractivity contribution in [3.8, 4) is 0 Å². The summed E-state index contributed by atoms with van der Waals surface area (Å²) in [7, 11) is 0. The molecule has 0 spiro atoms. The number of hydrogen-bond donors (Lipinski definition) is 2. The lowest BCUT2D eigenvalue weighted by atomic mass is 10.2. The number of carbonyl (C=O) groups excluding carboxylic acids is 1. The smallest absolute Gasteiger partial charge is 0.344 e. The second kappa shape index (κ2) is 7.83. The number of halogens is 1. The topological polar surface area (TPSA) is 89.0 Å². The van der Waals surface area contributed by atoms with Crippen LogP contribution in [0.15, 0.2) is 34.2 Å². The van der Waals surface area contributed by atoms with Gasteiger partial charge in [0, 0.05) is 12.3 Å². The van der Waals surface area contributed by atoms with Gasteiger partial charge in [-0.2, -0.15) is 0 Å². The molecule has 1 fully saturated rings. The number of hydrogen-bond acceptors (Lipinski definition) is 5. The van der Waals surface area contributed by atoms with Crippen LogP contribution in [-0.2, 0) is 16.1 Å². The minimum absolute atomic E-state index is 0.00826. The Labute approximate surface area is 148 Å². The molecule has 1 aliphatic heterocycles. The second-order valence-corrected chi connectivity index (χ2v) is 7.12. The van der Waals surface area contributed by atoms with Crippen LogP contribution in [0.2, 0.25) is 0 Å². The molecule has 0 unspecified atom stereocenters. The van der Waals surface area contributed by atoms with Crippen LogP contribution in [0.3, 0.4) is 0 Å². The van der Waals surface area contributed by atoms with Gasteiger partial charge < -0.3 is 10.1 Å². The Balaban J connectivity index is 1.65. The van der Waals surface area contributed by atoms with Gasteiger partial charge >= 0.3 is 5.69 Å². The van der Waals surface area contributed by atoms with Gasteiger partial charge in [0.05, 0.1) is 17.9 Å². The number of aromatic nitrogens is 3. The first-order valence-electron chi connectivity index (χ1n) is 8.03. The van der Waals surface area contributed by atoms with E-state index in [0.717, 1.165) is 12.8 Å². The Morgan fingerprint density at radius 2 is 2.44 bits per heavy atom. The Morgan fingerprint density at radius 3 is 3.16 bits per heavy atom. The van der Waals surface area contributed by atoms with Crippen molar-refractivity contribution in [1.29, 1.82) is 0 Å². The van der Waals surface area contributed by atoms with E-state index in [9.17, 15) is 14.0 Å². The zero-order valence-corrected chi connectivity index (χ0v) is 14.5. The van der Waals surface area contributed by atoms with Gasteiger partial charge in [-0.1, -0.05) is 17.8 Å². The van der Waals surface area contributed by atoms with E-state index in [2.05, 4.69) is 15.5 Å². The van der Waals surface area contributed by atoms with Crippen LogP contribution in [0.25, 0.3) is 0 Å². The Hall–Kier alpha value is -2.13. The highest BCUT2D eigenvalue weighted by molar-refractivity contribution is 8.00. The lowest BCUT2D eigenvalue weighted by Gasteiger charge is -2.14. The number of anilines is 1. The van der Waals surface area contributed by atoms with E-state index in [1.165, 1.54) is 34.5 Å². The van der Waals surface area contributed by atoms with Crippen molar-refractivity contribution in [3.05, 3.63) is 40.6 Å². The molecule has 7 nitrogen and oxygen atoms in total. The molecule has 9 heteroatoms. The van der Waals surface area contributed by atoms with Gasteiger partial charge in [-0.25, -0.2) is 14.3 Å². The highest BCUT2D eigenvalue weighted by Crippen LogP contribution is 2.23. The summed E-state index contributed by atoms with van der Waals surface area (Å²) < 4.78 is 20.2. The number of aromatic amines is 1. The maximum Gasteiger partial charge on any atom is 0.344 e. The molecule has 1 amide bonds. The van der Waals surface area contributed by atoms with Gasteiger partial charge in [-0.3, -0.25) is 9.36 Å². The van der Waals surface area contributed by atoms with Crippen LogP contribution in [0.5, 0.6) is 0 Å². The third-order valence-electron chi connectivity index (χ3n) is 3.88. The second-order valence-electron chi connectivity index (χ2n) is 5.82. The number of nitrogens with one attached hydrogen (secondary N) is 2. The number of ether oxygens (including phenoxy) is 1. The molecule has 1 aliphatic rings. The summed E-state index contributed by atoms with van der Waals surface area (Å²) in [5.74, 6) is -0.717. The summed E-state index contributed by atoms with van der Waals surface area (Å²) >= 11 is 1.17. The summed E-state index contributed by atoms with van der Waals surface area (Å²) in [4.78, 5) is 24.2. The van der Waals surface area contributed by atoms with E-state index in [4.69, 9.17) is 4.74 Å². The molecule has 1 aromatic heterocycles. The Kier molecular flexibility index (Phi) is 5.54. The Morgan fingerprint density at radius 1 is 1.60 bits per heavy atom. The molecule has 0 aliphatic carbocycles. The monoisotopic (exact) mass is 366 g/mol. The first kappa shape index (κ1) is 17.7. The first-order valence-corrected chi connectivity index (χ1v) is 8.91.